The molecule has 194 valence electrons. The van der Waals surface area contributed by atoms with E-state index in [-0.39, 0.29) is 5.43 Å². The van der Waals surface area contributed by atoms with Gasteiger partial charge in [0.25, 0.3) is 0 Å². The number of hydrogen-bond donors (Lipinski definition) is 0. The largest absolute Gasteiger partial charge is 0.464 e. The molecule has 0 radical (unpaired) electrons. The standard InChI is InChI=1S/C36H27NO3/c1-22-12-16-31-29(18-22)26-8-4-6-10-33(26)40-34-11-7-5-9-27(34)30-19-23(2)13-17-32(30)37(31)25-14-15-28-35(20-25)39-21-24(3)36(28)38/h4-21H,1-3H3. The van der Waals surface area contributed by atoms with Crippen molar-refractivity contribution < 1.29 is 9.15 Å². The molecule has 0 saturated carbocycles. The molecule has 0 spiro atoms. The summed E-state index contributed by atoms with van der Waals surface area (Å²) >= 11 is 0. The van der Waals surface area contributed by atoms with Crippen LogP contribution in [0.4, 0.5) is 17.1 Å². The third-order valence-corrected chi connectivity index (χ3v) is 7.55. The maximum absolute atomic E-state index is 12.9. The van der Waals surface area contributed by atoms with Crippen molar-refractivity contribution in [2.75, 3.05) is 4.90 Å². The Kier molecular flexibility index (Phi) is 5.56. The van der Waals surface area contributed by atoms with Gasteiger partial charge in [0, 0.05) is 39.6 Å². The van der Waals surface area contributed by atoms with Crippen molar-refractivity contribution in [3.8, 4) is 33.8 Å². The normalized spacial score (nSPS) is 12.1. The van der Waals surface area contributed by atoms with Crippen LogP contribution in [0.5, 0.6) is 11.5 Å². The first-order valence-corrected chi connectivity index (χ1v) is 13.4. The Hall–Kier alpha value is -5.09. The second-order valence-electron chi connectivity index (χ2n) is 10.4. The van der Waals surface area contributed by atoms with Gasteiger partial charge < -0.3 is 14.1 Å². The van der Waals surface area contributed by atoms with Crippen LogP contribution in [0.1, 0.15) is 16.7 Å². The van der Waals surface area contributed by atoms with E-state index in [4.69, 9.17) is 9.15 Å². The first-order valence-electron chi connectivity index (χ1n) is 13.4. The van der Waals surface area contributed by atoms with E-state index in [0.29, 0.717) is 16.5 Å². The predicted octanol–water partition coefficient (Wildman–Crippen LogP) is 9.63. The average molecular weight is 522 g/mol. The molecule has 40 heavy (non-hydrogen) atoms. The third-order valence-electron chi connectivity index (χ3n) is 7.55. The number of hydrogen-bond acceptors (Lipinski definition) is 4. The summed E-state index contributed by atoms with van der Waals surface area (Å²) in [7, 11) is 0. The molecule has 0 unspecified atom stereocenters. The van der Waals surface area contributed by atoms with Gasteiger partial charge in [-0.05, 0) is 69.3 Å². The summed E-state index contributed by atoms with van der Waals surface area (Å²) in [5.41, 5.74) is 10.4. The molecule has 0 amide bonds. The summed E-state index contributed by atoms with van der Waals surface area (Å²) in [6.07, 6.45) is 1.54. The minimum absolute atomic E-state index is 0.0131. The van der Waals surface area contributed by atoms with Gasteiger partial charge in [-0.1, -0.05) is 59.7 Å². The highest BCUT2D eigenvalue weighted by molar-refractivity contribution is 5.97. The smallest absolute Gasteiger partial charge is 0.195 e. The third kappa shape index (κ3) is 3.88. The van der Waals surface area contributed by atoms with E-state index in [0.717, 1.165) is 61.9 Å². The van der Waals surface area contributed by atoms with Gasteiger partial charge in [-0.15, -0.1) is 0 Å². The van der Waals surface area contributed by atoms with Crippen LogP contribution in [-0.4, -0.2) is 0 Å². The van der Waals surface area contributed by atoms with Gasteiger partial charge in [0.05, 0.1) is 23.0 Å². The van der Waals surface area contributed by atoms with Crippen LogP contribution in [0, 0.1) is 20.8 Å². The molecule has 7 rings (SSSR count). The fourth-order valence-electron chi connectivity index (χ4n) is 5.56. The zero-order chi connectivity index (χ0) is 27.4. The Bertz CT molecular complexity index is 1910. The van der Waals surface area contributed by atoms with Crippen molar-refractivity contribution in [2.24, 2.45) is 0 Å². The topological polar surface area (TPSA) is 42.7 Å². The Balaban J connectivity index is 1.62. The highest BCUT2D eigenvalue weighted by Crippen LogP contribution is 2.50. The van der Waals surface area contributed by atoms with Crippen LogP contribution >= 0.6 is 0 Å². The van der Waals surface area contributed by atoms with Crippen molar-refractivity contribution in [1.82, 2.24) is 0 Å². The molecule has 1 aliphatic heterocycles. The molecule has 4 nitrogen and oxygen atoms in total. The van der Waals surface area contributed by atoms with Gasteiger partial charge in [-0.25, -0.2) is 0 Å². The molecule has 6 aromatic rings. The molecule has 0 atom stereocenters. The molecule has 0 N–H and O–H groups in total. The van der Waals surface area contributed by atoms with Crippen molar-refractivity contribution in [1.29, 1.82) is 0 Å². The Labute approximate surface area is 232 Å². The van der Waals surface area contributed by atoms with E-state index < -0.39 is 0 Å². The average Bonchev–Trinajstić information content (AvgIpc) is 2.97. The number of benzene rings is 5. The van der Waals surface area contributed by atoms with E-state index in [9.17, 15) is 4.79 Å². The van der Waals surface area contributed by atoms with Crippen molar-refractivity contribution >= 4 is 28.0 Å². The summed E-state index contributed by atoms with van der Waals surface area (Å²) in [6, 6.07) is 35.2. The Morgan fingerprint density at radius 1 is 0.600 bits per heavy atom. The van der Waals surface area contributed by atoms with E-state index >= 15 is 0 Å². The van der Waals surface area contributed by atoms with Gasteiger partial charge in [-0.2, -0.15) is 0 Å². The molecule has 1 aromatic heterocycles. The number of fused-ring (bicyclic) bond motifs is 7. The zero-order valence-electron chi connectivity index (χ0n) is 22.6. The molecular weight excluding hydrogens is 494 g/mol. The summed E-state index contributed by atoms with van der Waals surface area (Å²) < 4.78 is 12.6. The van der Waals surface area contributed by atoms with Gasteiger partial charge in [0.2, 0.25) is 0 Å². The fourth-order valence-corrected chi connectivity index (χ4v) is 5.56. The number of nitrogens with zero attached hydrogens (tertiary/aromatic N) is 1. The fraction of sp³-hybridized carbons (Fsp3) is 0.0833. The zero-order valence-corrected chi connectivity index (χ0v) is 22.6. The van der Waals surface area contributed by atoms with E-state index in [1.165, 1.54) is 6.26 Å². The van der Waals surface area contributed by atoms with Crippen LogP contribution in [0.2, 0.25) is 0 Å². The molecule has 4 heteroatoms. The molecule has 0 saturated heterocycles. The summed E-state index contributed by atoms with van der Waals surface area (Å²) in [4.78, 5) is 15.1. The van der Waals surface area contributed by atoms with E-state index in [2.05, 4.69) is 67.3 Å². The highest BCUT2D eigenvalue weighted by Gasteiger charge is 2.25. The van der Waals surface area contributed by atoms with Crippen LogP contribution in [0.3, 0.4) is 0 Å². The van der Waals surface area contributed by atoms with E-state index in [1.54, 1.807) is 6.92 Å². The number of ether oxygens (including phenoxy) is 1. The number of anilines is 3. The van der Waals surface area contributed by atoms with Crippen LogP contribution in [0.15, 0.2) is 119 Å². The minimum Gasteiger partial charge on any atom is -0.464 e. The van der Waals surface area contributed by atoms with Gasteiger partial charge in [0.15, 0.2) is 5.43 Å². The first-order chi connectivity index (χ1) is 19.5. The lowest BCUT2D eigenvalue weighted by Crippen LogP contribution is -2.14. The maximum atomic E-state index is 12.9. The lowest BCUT2D eigenvalue weighted by atomic mass is 9.95. The number of para-hydroxylation sites is 2. The molecule has 0 aliphatic carbocycles. The van der Waals surface area contributed by atoms with E-state index in [1.807, 2.05) is 54.6 Å². The van der Waals surface area contributed by atoms with Crippen molar-refractivity contribution in [3.05, 3.63) is 136 Å². The summed E-state index contributed by atoms with van der Waals surface area (Å²) in [5.74, 6) is 1.58. The number of rotatable bonds is 1. The maximum Gasteiger partial charge on any atom is 0.195 e. The second kappa shape index (κ2) is 9.28. The number of aryl methyl sites for hydroxylation is 3. The minimum atomic E-state index is -0.0131. The monoisotopic (exact) mass is 521 g/mol. The first kappa shape index (κ1) is 24.0. The van der Waals surface area contributed by atoms with Crippen molar-refractivity contribution in [2.45, 2.75) is 20.8 Å². The quantitative estimate of drug-likeness (QED) is 0.216. The lowest BCUT2D eigenvalue weighted by Gasteiger charge is -2.32. The Morgan fingerprint density at radius 2 is 1.18 bits per heavy atom. The summed E-state index contributed by atoms with van der Waals surface area (Å²) in [5, 5.41) is 0.571. The Morgan fingerprint density at radius 3 is 1.77 bits per heavy atom. The highest BCUT2D eigenvalue weighted by atomic mass is 16.5. The molecule has 1 aliphatic rings. The summed E-state index contributed by atoms with van der Waals surface area (Å²) in [6.45, 7) is 5.98. The van der Waals surface area contributed by atoms with Gasteiger partial charge in [0.1, 0.15) is 17.1 Å². The molecule has 0 bridgehead atoms. The van der Waals surface area contributed by atoms with Crippen LogP contribution in [-0.2, 0) is 0 Å². The second-order valence-corrected chi connectivity index (χ2v) is 10.4. The molecular formula is C36H27NO3. The molecule has 0 fully saturated rings. The van der Waals surface area contributed by atoms with Gasteiger partial charge >= 0.3 is 0 Å². The van der Waals surface area contributed by atoms with Gasteiger partial charge in [-0.3, -0.25) is 4.79 Å². The predicted molar refractivity (Wildman–Crippen MR) is 162 cm³/mol. The molecule has 5 aromatic carbocycles. The lowest BCUT2D eigenvalue weighted by molar-refractivity contribution is 0.486. The van der Waals surface area contributed by atoms with Crippen LogP contribution in [0.25, 0.3) is 33.2 Å². The molecule has 2 heterocycles. The SMILES string of the molecule is Cc1ccc2c(c1)-c1ccccc1Oc1ccccc1-c1cc(C)ccc1N2c1ccc2c(=O)c(C)coc2c1. The van der Waals surface area contributed by atoms with Crippen LogP contribution < -0.4 is 15.1 Å². The van der Waals surface area contributed by atoms with Crippen molar-refractivity contribution in [3.63, 3.8) is 0 Å².